The van der Waals surface area contributed by atoms with Crippen LogP contribution in [0.1, 0.15) is 0 Å². The van der Waals surface area contributed by atoms with Gasteiger partial charge in [-0.15, -0.1) is 0 Å². The summed E-state index contributed by atoms with van der Waals surface area (Å²) in [4.78, 5) is 6.18. The van der Waals surface area contributed by atoms with Crippen LogP contribution in [0.5, 0.6) is 0 Å². The summed E-state index contributed by atoms with van der Waals surface area (Å²) in [5.74, 6) is 0.973. The van der Waals surface area contributed by atoms with E-state index in [0.29, 0.717) is 11.7 Å². The lowest BCUT2D eigenvalue weighted by Gasteiger charge is -2.39. The van der Waals surface area contributed by atoms with Gasteiger partial charge < -0.3 is 15.7 Å². The van der Waals surface area contributed by atoms with Gasteiger partial charge in [0.25, 0.3) is 0 Å². The van der Waals surface area contributed by atoms with Crippen LogP contribution >= 0.6 is 0 Å². The number of hydrogen-bond acceptors (Lipinski definition) is 4. The summed E-state index contributed by atoms with van der Waals surface area (Å²) in [6.45, 7) is 2.11. The molecule has 13 heavy (non-hydrogen) atoms. The third-order valence-corrected chi connectivity index (χ3v) is 2.35. The van der Waals surface area contributed by atoms with Crippen molar-refractivity contribution in [1.82, 2.24) is 4.98 Å². The predicted molar refractivity (Wildman–Crippen MR) is 51.4 cm³/mol. The Morgan fingerprint density at radius 3 is 2.85 bits per heavy atom. The topological polar surface area (TPSA) is 62.4 Å². The number of aliphatic hydroxyl groups is 1. The third kappa shape index (κ3) is 1.58. The lowest BCUT2D eigenvalue weighted by atomic mass is 10.0. The summed E-state index contributed by atoms with van der Waals surface area (Å²) in [6, 6.07) is 3.75. The molecule has 4 heteroatoms. The summed E-state index contributed by atoms with van der Waals surface area (Å²) >= 11 is 0. The number of nitrogen functional groups attached to an aromatic ring is 1. The maximum Gasteiger partial charge on any atom is 0.123 e. The molecule has 1 aliphatic heterocycles. The Morgan fingerprint density at radius 1 is 1.54 bits per heavy atom. The number of hydrogen-bond donors (Lipinski definition) is 2. The third-order valence-electron chi connectivity index (χ3n) is 2.35. The molecule has 2 rings (SSSR count). The Bertz CT molecular complexity index is 279. The molecule has 4 nitrogen and oxygen atoms in total. The van der Waals surface area contributed by atoms with E-state index in [1.807, 2.05) is 6.07 Å². The van der Waals surface area contributed by atoms with E-state index in [2.05, 4.69) is 9.88 Å². The number of nitrogens with zero attached hydrogens (tertiary/aromatic N) is 2. The molecule has 1 fully saturated rings. The first-order chi connectivity index (χ1) is 6.29. The van der Waals surface area contributed by atoms with E-state index in [-0.39, 0.29) is 6.61 Å². The Morgan fingerprint density at radius 2 is 2.31 bits per heavy atom. The maximum atomic E-state index is 8.83. The minimum Gasteiger partial charge on any atom is -0.396 e. The van der Waals surface area contributed by atoms with Crippen molar-refractivity contribution in [3.05, 3.63) is 18.3 Å². The van der Waals surface area contributed by atoms with Gasteiger partial charge in [-0.2, -0.15) is 0 Å². The van der Waals surface area contributed by atoms with Crippen LogP contribution in [0.2, 0.25) is 0 Å². The fourth-order valence-electron chi connectivity index (χ4n) is 1.48. The summed E-state index contributed by atoms with van der Waals surface area (Å²) in [6.07, 6.45) is 1.77. The van der Waals surface area contributed by atoms with Crippen LogP contribution in [0.4, 0.5) is 11.5 Å². The van der Waals surface area contributed by atoms with Crippen molar-refractivity contribution in [2.75, 3.05) is 30.3 Å². The summed E-state index contributed by atoms with van der Waals surface area (Å²) in [5.41, 5.74) is 6.55. The second-order valence-electron chi connectivity index (χ2n) is 3.39. The van der Waals surface area contributed by atoms with E-state index in [9.17, 15) is 0 Å². The molecule has 1 aromatic rings. The summed E-state index contributed by atoms with van der Waals surface area (Å²) < 4.78 is 0. The van der Waals surface area contributed by atoms with Gasteiger partial charge in [0.15, 0.2) is 0 Å². The van der Waals surface area contributed by atoms with Crippen molar-refractivity contribution in [1.29, 1.82) is 0 Å². The predicted octanol–water partition coefficient (Wildman–Crippen LogP) is 0.0923. The molecule has 0 unspecified atom stereocenters. The first-order valence-corrected chi connectivity index (χ1v) is 4.37. The van der Waals surface area contributed by atoms with Gasteiger partial charge in [0, 0.05) is 25.6 Å². The number of aromatic nitrogens is 1. The van der Waals surface area contributed by atoms with Crippen LogP contribution in [-0.4, -0.2) is 29.8 Å². The lowest BCUT2D eigenvalue weighted by molar-refractivity contribution is 0.200. The van der Waals surface area contributed by atoms with Crippen LogP contribution < -0.4 is 10.6 Å². The van der Waals surface area contributed by atoms with Crippen molar-refractivity contribution in [2.45, 2.75) is 0 Å². The highest BCUT2D eigenvalue weighted by Crippen LogP contribution is 2.23. The highest BCUT2D eigenvalue weighted by molar-refractivity contribution is 5.49. The molecule has 0 aliphatic carbocycles. The average Bonchev–Trinajstić information content (AvgIpc) is 2.06. The van der Waals surface area contributed by atoms with Gasteiger partial charge in [-0.3, -0.25) is 0 Å². The minimum absolute atomic E-state index is 0.277. The zero-order chi connectivity index (χ0) is 9.26. The maximum absolute atomic E-state index is 8.83. The molecule has 0 saturated carbocycles. The normalized spacial score (nSPS) is 17.2. The lowest BCUT2D eigenvalue weighted by Crippen LogP contribution is -2.48. The van der Waals surface area contributed by atoms with E-state index in [1.54, 1.807) is 12.3 Å². The monoisotopic (exact) mass is 179 g/mol. The molecule has 3 N–H and O–H groups in total. The highest BCUT2D eigenvalue weighted by atomic mass is 16.3. The first-order valence-electron chi connectivity index (χ1n) is 4.37. The average molecular weight is 179 g/mol. The summed E-state index contributed by atoms with van der Waals surface area (Å²) in [7, 11) is 0. The van der Waals surface area contributed by atoms with Crippen molar-refractivity contribution in [2.24, 2.45) is 5.92 Å². The van der Waals surface area contributed by atoms with Crippen molar-refractivity contribution in [3.63, 3.8) is 0 Å². The van der Waals surface area contributed by atoms with Gasteiger partial charge in [-0.1, -0.05) is 0 Å². The van der Waals surface area contributed by atoms with E-state index in [1.165, 1.54) is 0 Å². The molecule has 70 valence electrons. The summed E-state index contributed by atoms with van der Waals surface area (Å²) in [5, 5.41) is 8.83. The second kappa shape index (κ2) is 3.22. The molecule has 0 spiro atoms. The Hall–Kier alpha value is -1.29. The number of nitrogens with two attached hydrogens (primary N) is 1. The number of aliphatic hydroxyl groups excluding tert-OH is 1. The minimum atomic E-state index is 0.277. The van der Waals surface area contributed by atoms with Crippen molar-refractivity contribution >= 4 is 11.5 Å². The second-order valence-corrected chi connectivity index (χ2v) is 3.39. The molecular weight excluding hydrogens is 166 g/mol. The fourth-order valence-corrected chi connectivity index (χ4v) is 1.48. The molecule has 1 aliphatic rings. The van der Waals surface area contributed by atoms with E-state index < -0.39 is 0 Å². The van der Waals surface area contributed by atoms with E-state index in [4.69, 9.17) is 10.8 Å². The van der Waals surface area contributed by atoms with Crippen LogP contribution in [0.15, 0.2) is 18.3 Å². The molecule has 0 atom stereocenters. The van der Waals surface area contributed by atoms with Crippen molar-refractivity contribution in [3.8, 4) is 0 Å². The molecule has 1 saturated heterocycles. The van der Waals surface area contributed by atoms with E-state index in [0.717, 1.165) is 18.8 Å². The molecular formula is C9H13N3O. The zero-order valence-corrected chi connectivity index (χ0v) is 7.35. The molecule has 0 amide bonds. The van der Waals surface area contributed by atoms with Gasteiger partial charge in [-0.25, -0.2) is 4.98 Å². The Labute approximate surface area is 77.0 Å². The number of pyridine rings is 1. The van der Waals surface area contributed by atoms with Crippen LogP contribution in [0, 0.1) is 5.92 Å². The largest absolute Gasteiger partial charge is 0.396 e. The van der Waals surface area contributed by atoms with Gasteiger partial charge in [0.2, 0.25) is 0 Å². The zero-order valence-electron chi connectivity index (χ0n) is 7.35. The van der Waals surface area contributed by atoms with Gasteiger partial charge in [0.05, 0.1) is 11.9 Å². The number of anilines is 2. The highest BCUT2D eigenvalue weighted by Gasteiger charge is 2.25. The van der Waals surface area contributed by atoms with Gasteiger partial charge >= 0.3 is 0 Å². The van der Waals surface area contributed by atoms with Crippen molar-refractivity contribution < 1.29 is 5.11 Å². The van der Waals surface area contributed by atoms with Gasteiger partial charge in [-0.05, 0) is 12.1 Å². The molecule has 0 radical (unpaired) electrons. The molecule has 2 heterocycles. The smallest absolute Gasteiger partial charge is 0.123 e. The Balaban J connectivity index is 1.99. The number of rotatable bonds is 2. The molecule has 1 aromatic heterocycles. The van der Waals surface area contributed by atoms with Crippen LogP contribution in [0.25, 0.3) is 0 Å². The van der Waals surface area contributed by atoms with Crippen LogP contribution in [0.3, 0.4) is 0 Å². The quantitative estimate of drug-likeness (QED) is 0.675. The van der Waals surface area contributed by atoms with Crippen LogP contribution in [-0.2, 0) is 0 Å². The standard InChI is InChI=1S/C9H13N3O/c10-9-2-1-8(3-11-9)12-4-7(5-12)6-13/h1-3,7,13H,4-6H2,(H2,10,11). The Kier molecular flexibility index (Phi) is 2.06. The van der Waals surface area contributed by atoms with Gasteiger partial charge in [0.1, 0.15) is 5.82 Å². The fraction of sp³-hybridized carbons (Fsp3) is 0.444. The molecule has 0 aromatic carbocycles. The molecule has 0 bridgehead atoms. The first kappa shape index (κ1) is 8.31. The van der Waals surface area contributed by atoms with E-state index >= 15 is 0 Å². The SMILES string of the molecule is Nc1ccc(N2CC(CO)C2)cn1.